The summed E-state index contributed by atoms with van der Waals surface area (Å²) in [6, 6.07) is 4.13. The zero-order valence-corrected chi connectivity index (χ0v) is 11.3. The van der Waals surface area contributed by atoms with Crippen LogP contribution in [0.4, 0.5) is 0 Å². The first-order chi connectivity index (χ1) is 9.35. The highest BCUT2D eigenvalue weighted by atomic mass is 16.6. The fourth-order valence-corrected chi connectivity index (χ4v) is 2.75. The van der Waals surface area contributed by atoms with Crippen LogP contribution < -0.4 is 15.2 Å². The quantitative estimate of drug-likeness (QED) is 0.917. The highest BCUT2D eigenvalue weighted by Crippen LogP contribution is 2.40. The van der Waals surface area contributed by atoms with Crippen LogP contribution in [0, 0.1) is 0 Å². The van der Waals surface area contributed by atoms with Crippen LogP contribution in [0.15, 0.2) is 18.3 Å². The lowest BCUT2D eigenvalue weighted by molar-refractivity contribution is 0.174. The molecule has 3 rings (SSSR count). The van der Waals surface area contributed by atoms with E-state index < -0.39 is 0 Å². The van der Waals surface area contributed by atoms with Crippen LogP contribution >= 0.6 is 0 Å². The Morgan fingerprint density at radius 1 is 1.26 bits per heavy atom. The summed E-state index contributed by atoms with van der Waals surface area (Å²) in [6.07, 6.45) is 4.19. The Morgan fingerprint density at radius 2 is 2.11 bits per heavy atom. The lowest BCUT2D eigenvalue weighted by atomic mass is 10.1. The molecule has 2 aromatic rings. The van der Waals surface area contributed by atoms with Crippen molar-refractivity contribution in [1.82, 2.24) is 4.57 Å². The number of aryl methyl sites for hydroxylation is 1. The van der Waals surface area contributed by atoms with E-state index in [1.807, 2.05) is 6.07 Å². The maximum absolute atomic E-state index is 5.84. The molecule has 0 aliphatic carbocycles. The summed E-state index contributed by atoms with van der Waals surface area (Å²) >= 11 is 0. The van der Waals surface area contributed by atoms with Crippen LogP contribution in [0.2, 0.25) is 0 Å². The molecule has 4 nitrogen and oxygen atoms in total. The summed E-state index contributed by atoms with van der Waals surface area (Å²) < 4.78 is 13.8. The van der Waals surface area contributed by atoms with E-state index in [1.165, 1.54) is 16.5 Å². The first kappa shape index (κ1) is 12.4. The van der Waals surface area contributed by atoms with Crippen LogP contribution in [-0.2, 0) is 13.0 Å². The zero-order chi connectivity index (χ0) is 13.2. The normalized spacial score (nSPS) is 14.0. The summed E-state index contributed by atoms with van der Waals surface area (Å²) in [5.74, 6) is 1.74. The van der Waals surface area contributed by atoms with Gasteiger partial charge in [-0.2, -0.15) is 0 Å². The van der Waals surface area contributed by atoms with Gasteiger partial charge in [0.1, 0.15) is 13.2 Å². The number of nitrogens with zero attached hydrogens (tertiary/aromatic N) is 1. The Hall–Kier alpha value is -1.68. The van der Waals surface area contributed by atoms with Gasteiger partial charge in [-0.1, -0.05) is 6.92 Å². The molecule has 2 heterocycles. The molecule has 0 amide bonds. The third-order valence-electron chi connectivity index (χ3n) is 3.51. The van der Waals surface area contributed by atoms with Crippen molar-refractivity contribution in [1.29, 1.82) is 0 Å². The lowest BCUT2D eigenvalue weighted by Crippen LogP contribution is -2.15. The maximum atomic E-state index is 5.84. The Labute approximate surface area is 113 Å². The molecule has 0 fully saturated rings. The predicted molar refractivity (Wildman–Crippen MR) is 76.0 cm³/mol. The topological polar surface area (TPSA) is 49.4 Å². The molecule has 1 aliphatic rings. The molecule has 1 aromatic heterocycles. The molecule has 0 saturated carbocycles. The van der Waals surface area contributed by atoms with Gasteiger partial charge < -0.3 is 19.8 Å². The minimum absolute atomic E-state index is 0.618. The van der Waals surface area contributed by atoms with Gasteiger partial charge in [-0.15, -0.1) is 0 Å². The average Bonchev–Trinajstić information content (AvgIpc) is 2.78. The Kier molecular flexibility index (Phi) is 3.34. The molecule has 2 N–H and O–H groups in total. The first-order valence-electron chi connectivity index (χ1n) is 6.95. The van der Waals surface area contributed by atoms with E-state index in [9.17, 15) is 0 Å². The van der Waals surface area contributed by atoms with Crippen LogP contribution in [-0.4, -0.2) is 24.3 Å². The summed E-state index contributed by atoms with van der Waals surface area (Å²) in [5.41, 5.74) is 8.20. The summed E-state index contributed by atoms with van der Waals surface area (Å²) in [5, 5.41) is 1.18. The second kappa shape index (κ2) is 5.13. The summed E-state index contributed by atoms with van der Waals surface area (Å²) in [6.45, 7) is 5.09. The smallest absolute Gasteiger partial charge is 0.170 e. The molecule has 0 atom stereocenters. The molecule has 4 heteroatoms. The van der Waals surface area contributed by atoms with Crippen LogP contribution in [0.1, 0.15) is 18.9 Å². The molecule has 0 saturated heterocycles. The van der Waals surface area contributed by atoms with E-state index in [0.717, 1.165) is 30.9 Å². The summed E-state index contributed by atoms with van der Waals surface area (Å²) in [4.78, 5) is 0. The molecule has 102 valence electrons. The molecular formula is C15H20N2O2. The third-order valence-corrected chi connectivity index (χ3v) is 3.51. The van der Waals surface area contributed by atoms with Gasteiger partial charge in [-0.05, 0) is 37.1 Å². The second-order valence-electron chi connectivity index (χ2n) is 4.87. The second-order valence-corrected chi connectivity index (χ2v) is 4.87. The maximum Gasteiger partial charge on any atom is 0.170 e. The summed E-state index contributed by atoms with van der Waals surface area (Å²) in [7, 11) is 0. The van der Waals surface area contributed by atoms with Crippen LogP contribution in [0.5, 0.6) is 11.5 Å². The fourth-order valence-electron chi connectivity index (χ4n) is 2.75. The van der Waals surface area contributed by atoms with Gasteiger partial charge in [-0.25, -0.2) is 0 Å². The SMILES string of the molecule is CCCn1cc(CCN)c2c3c(ccc21)OCCO3. The van der Waals surface area contributed by atoms with Gasteiger partial charge in [0.25, 0.3) is 0 Å². The monoisotopic (exact) mass is 260 g/mol. The number of hydrogen-bond acceptors (Lipinski definition) is 3. The average molecular weight is 260 g/mol. The standard InChI is InChI=1S/C15H20N2O2/c1-2-7-17-10-11(5-6-16)14-12(17)3-4-13-15(14)19-9-8-18-13/h3-4,10H,2,5-9,16H2,1H3. The van der Waals surface area contributed by atoms with Crippen molar-refractivity contribution in [2.24, 2.45) is 5.73 Å². The number of hydrogen-bond donors (Lipinski definition) is 1. The van der Waals surface area contributed by atoms with Crippen molar-refractivity contribution >= 4 is 10.9 Å². The minimum Gasteiger partial charge on any atom is -0.486 e. The number of benzene rings is 1. The van der Waals surface area contributed by atoms with E-state index in [2.05, 4.69) is 23.8 Å². The largest absolute Gasteiger partial charge is 0.486 e. The lowest BCUT2D eigenvalue weighted by Gasteiger charge is -2.19. The van der Waals surface area contributed by atoms with Crippen molar-refractivity contribution < 1.29 is 9.47 Å². The number of rotatable bonds is 4. The van der Waals surface area contributed by atoms with Gasteiger partial charge in [-0.3, -0.25) is 0 Å². The van der Waals surface area contributed by atoms with Gasteiger partial charge in [0.2, 0.25) is 0 Å². The van der Waals surface area contributed by atoms with Gasteiger partial charge >= 0.3 is 0 Å². The van der Waals surface area contributed by atoms with Crippen LogP contribution in [0.3, 0.4) is 0 Å². The molecule has 0 spiro atoms. The van der Waals surface area contributed by atoms with E-state index in [-0.39, 0.29) is 0 Å². The molecule has 19 heavy (non-hydrogen) atoms. The van der Waals surface area contributed by atoms with E-state index >= 15 is 0 Å². The zero-order valence-electron chi connectivity index (χ0n) is 11.3. The fraction of sp³-hybridized carbons (Fsp3) is 0.467. The van der Waals surface area contributed by atoms with Crippen LogP contribution in [0.25, 0.3) is 10.9 Å². The van der Waals surface area contributed by atoms with Crippen molar-refractivity contribution in [3.05, 3.63) is 23.9 Å². The molecule has 0 bridgehead atoms. The number of aromatic nitrogens is 1. The minimum atomic E-state index is 0.618. The highest BCUT2D eigenvalue weighted by Gasteiger charge is 2.20. The van der Waals surface area contributed by atoms with Crippen molar-refractivity contribution in [2.45, 2.75) is 26.3 Å². The number of nitrogens with two attached hydrogens (primary N) is 1. The Morgan fingerprint density at radius 3 is 2.89 bits per heavy atom. The van der Waals surface area contributed by atoms with Crippen molar-refractivity contribution in [3.63, 3.8) is 0 Å². The van der Waals surface area contributed by atoms with E-state index in [4.69, 9.17) is 15.2 Å². The van der Waals surface area contributed by atoms with Crippen molar-refractivity contribution in [3.8, 4) is 11.5 Å². The molecule has 1 aliphatic heterocycles. The molecular weight excluding hydrogens is 240 g/mol. The highest BCUT2D eigenvalue weighted by molar-refractivity contribution is 5.92. The Bertz CT molecular complexity index is 589. The Balaban J connectivity index is 2.21. The molecule has 1 aromatic carbocycles. The van der Waals surface area contributed by atoms with E-state index in [0.29, 0.717) is 19.8 Å². The predicted octanol–water partition coefficient (Wildman–Crippen LogP) is 2.32. The van der Waals surface area contributed by atoms with Gasteiger partial charge in [0, 0.05) is 18.1 Å². The molecule has 0 unspecified atom stereocenters. The van der Waals surface area contributed by atoms with Gasteiger partial charge in [0.05, 0.1) is 5.52 Å². The van der Waals surface area contributed by atoms with E-state index in [1.54, 1.807) is 0 Å². The van der Waals surface area contributed by atoms with Crippen molar-refractivity contribution in [2.75, 3.05) is 19.8 Å². The molecule has 0 radical (unpaired) electrons. The first-order valence-corrected chi connectivity index (χ1v) is 6.95. The number of fused-ring (bicyclic) bond motifs is 3. The van der Waals surface area contributed by atoms with Gasteiger partial charge in [0.15, 0.2) is 11.5 Å². The number of ether oxygens (including phenoxy) is 2. The third kappa shape index (κ3) is 2.06.